The first kappa shape index (κ1) is 12.6. The summed E-state index contributed by atoms with van der Waals surface area (Å²) >= 11 is 5.70. The SMILES string of the molecule is CC1CCC(O)(CNc2ccnc(Cl)n2)CC1. The van der Waals surface area contributed by atoms with Crippen molar-refractivity contribution in [2.75, 3.05) is 11.9 Å². The molecule has 0 atom stereocenters. The van der Waals surface area contributed by atoms with Crippen molar-refractivity contribution in [3.05, 3.63) is 17.5 Å². The summed E-state index contributed by atoms with van der Waals surface area (Å²) in [6.07, 6.45) is 5.47. The molecular formula is C12H18ClN3O. The van der Waals surface area contributed by atoms with Crippen molar-refractivity contribution in [1.29, 1.82) is 0 Å². The molecule has 0 aromatic carbocycles. The van der Waals surface area contributed by atoms with Crippen LogP contribution in [0.1, 0.15) is 32.6 Å². The van der Waals surface area contributed by atoms with Crippen molar-refractivity contribution in [2.24, 2.45) is 5.92 Å². The topological polar surface area (TPSA) is 58.0 Å². The molecule has 0 aliphatic heterocycles. The maximum absolute atomic E-state index is 10.4. The van der Waals surface area contributed by atoms with Crippen LogP contribution in [-0.4, -0.2) is 27.2 Å². The molecule has 1 heterocycles. The van der Waals surface area contributed by atoms with Crippen LogP contribution in [0.15, 0.2) is 12.3 Å². The zero-order chi connectivity index (χ0) is 12.3. The van der Waals surface area contributed by atoms with E-state index in [-0.39, 0.29) is 5.28 Å². The molecule has 0 bridgehead atoms. The number of halogens is 1. The molecule has 5 heteroatoms. The molecule has 1 aliphatic carbocycles. The maximum Gasteiger partial charge on any atom is 0.224 e. The number of hydrogen-bond acceptors (Lipinski definition) is 4. The Labute approximate surface area is 106 Å². The first-order chi connectivity index (χ1) is 8.07. The Balaban J connectivity index is 1.89. The number of anilines is 1. The fraction of sp³-hybridized carbons (Fsp3) is 0.667. The van der Waals surface area contributed by atoms with Crippen LogP contribution in [0, 0.1) is 5.92 Å². The smallest absolute Gasteiger partial charge is 0.224 e. The molecule has 17 heavy (non-hydrogen) atoms. The van der Waals surface area contributed by atoms with E-state index in [1.54, 1.807) is 12.3 Å². The van der Waals surface area contributed by atoms with Crippen LogP contribution >= 0.6 is 11.6 Å². The van der Waals surface area contributed by atoms with Gasteiger partial charge < -0.3 is 10.4 Å². The standard InChI is InChI=1S/C12H18ClN3O/c1-9-2-5-12(17,6-3-9)8-15-10-4-7-14-11(13)16-10/h4,7,9,17H,2-3,5-6,8H2,1H3,(H,14,15,16). The Morgan fingerprint density at radius 3 is 2.88 bits per heavy atom. The lowest BCUT2D eigenvalue weighted by Gasteiger charge is -2.35. The molecule has 2 N–H and O–H groups in total. The van der Waals surface area contributed by atoms with Gasteiger partial charge in [0.05, 0.1) is 5.60 Å². The van der Waals surface area contributed by atoms with Crippen LogP contribution in [0.5, 0.6) is 0 Å². The molecule has 0 radical (unpaired) electrons. The van der Waals surface area contributed by atoms with E-state index in [1.807, 2.05) is 0 Å². The normalized spacial score (nSPS) is 29.0. The third kappa shape index (κ3) is 3.54. The van der Waals surface area contributed by atoms with Crippen LogP contribution in [0.4, 0.5) is 5.82 Å². The number of aliphatic hydroxyl groups is 1. The van der Waals surface area contributed by atoms with Gasteiger partial charge in [-0.3, -0.25) is 0 Å². The van der Waals surface area contributed by atoms with Gasteiger partial charge in [-0.05, 0) is 49.3 Å². The highest BCUT2D eigenvalue weighted by atomic mass is 35.5. The van der Waals surface area contributed by atoms with Gasteiger partial charge in [-0.25, -0.2) is 9.97 Å². The Morgan fingerprint density at radius 2 is 2.24 bits per heavy atom. The van der Waals surface area contributed by atoms with E-state index in [9.17, 15) is 5.11 Å². The second kappa shape index (κ2) is 5.19. The maximum atomic E-state index is 10.4. The molecule has 1 saturated carbocycles. The van der Waals surface area contributed by atoms with Crippen molar-refractivity contribution < 1.29 is 5.11 Å². The van der Waals surface area contributed by atoms with Crippen molar-refractivity contribution in [3.63, 3.8) is 0 Å². The summed E-state index contributed by atoms with van der Waals surface area (Å²) in [6.45, 7) is 2.75. The summed E-state index contributed by atoms with van der Waals surface area (Å²) in [5.74, 6) is 1.39. The quantitative estimate of drug-likeness (QED) is 0.815. The number of hydrogen-bond donors (Lipinski definition) is 2. The van der Waals surface area contributed by atoms with Gasteiger partial charge in [-0.2, -0.15) is 0 Å². The predicted octanol–water partition coefficient (Wildman–Crippen LogP) is 2.48. The second-order valence-corrected chi connectivity index (χ2v) is 5.31. The largest absolute Gasteiger partial charge is 0.388 e. The van der Waals surface area contributed by atoms with Crippen LogP contribution in [0.2, 0.25) is 5.28 Å². The third-order valence-corrected chi connectivity index (χ3v) is 3.61. The lowest BCUT2D eigenvalue weighted by Crippen LogP contribution is -2.40. The molecule has 2 rings (SSSR count). The minimum absolute atomic E-state index is 0.222. The fourth-order valence-electron chi connectivity index (χ4n) is 2.16. The summed E-state index contributed by atoms with van der Waals surface area (Å²) in [4.78, 5) is 7.85. The lowest BCUT2D eigenvalue weighted by molar-refractivity contribution is 0.00494. The Morgan fingerprint density at radius 1 is 1.53 bits per heavy atom. The number of rotatable bonds is 3. The van der Waals surface area contributed by atoms with Crippen LogP contribution < -0.4 is 5.32 Å². The predicted molar refractivity (Wildman–Crippen MR) is 68.1 cm³/mol. The van der Waals surface area contributed by atoms with Gasteiger partial charge >= 0.3 is 0 Å². The molecule has 4 nitrogen and oxygen atoms in total. The number of aromatic nitrogens is 2. The van der Waals surface area contributed by atoms with Gasteiger partial charge in [0, 0.05) is 12.7 Å². The zero-order valence-electron chi connectivity index (χ0n) is 9.99. The number of nitrogens with zero attached hydrogens (tertiary/aromatic N) is 2. The highest BCUT2D eigenvalue weighted by Crippen LogP contribution is 2.31. The molecule has 94 valence electrons. The van der Waals surface area contributed by atoms with Gasteiger partial charge in [0.15, 0.2) is 0 Å². The highest BCUT2D eigenvalue weighted by Gasteiger charge is 2.31. The minimum atomic E-state index is -0.607. The average molecular weight is 256 g/mol. The lowest BCUT2D eigenvalue weighted by atomic mass is 9.79. The molecular weight excluding hydrogens is 238 g/mol. The molecule has 0 saturated heterocycles. The van der Waals surface area contributed by atoms with E-state index in [0.717, 1.165) is 31.6 Å². The van der Waals surface area contributed by atoms with E-state index in [0.29, 0.717) is 12.4 Å². The second-order valence-electron chi connectivity index (χ2n) is 4.97. The monoisotopic (exact) mass is 255 g/mol. The van der Waals surface area contributed by atoms with E-state index >= 15 is 0 Å². The summed E-state index contributed by atoms with van der Waals surface area (Å²) in [7, 11) is 0. The van der Waals surface area contributed by atoms with Gasteiger partial charge in [0.1, 0.15) is 5.82 Å². The molecule has 0 unspecified atom stereocenters. The summed E-state index contributed by atoms with van der Waals surface area (Å²) in [5.41, 5.74) is -0.607. The summed E-state index contributed by atoms with van der Waals surface area (Å²) in [5, 5.41) is 13.7. The summed E-state index contributed by atoms with van der Waals surface area (Å²) < 4.78 is 0. The van der Waals surface area contributed by atoms with Crippen molar-refractivity contribution in [2.45, 2.75) is 38.2 Å². The van der Waals surface area contributed by atoms with Gasteiger partial charge in [-0.15, -0.1) is 0 Å². The van der Waals surface area contributed by atoms with E-state index < -0.39 is 5.60 Å². The van der Waals surface area contributed by atoms with Gasteiger partial charge in [0.2, 0.25) is 5.28 Å². The van der Waals surface area contributed by atoms with Crippen LogP contribution in [-0.2, 0) is 0 Å². The Bertz CT molecular complexity index is 378. The molecule has 1 aromatic heterocycles. The Kier molecular flexibility index (Phi) is 3.84. The van der Waals surface area contributed by atoms with Crippen molar-refractivity contribution >= 4 is 17.4 Å². The molecule has 1 aromatic rings. The molecule has 1 fully saturated rings. The van der Waals surface area contributed by atoms with E-state index in [1.165, 1.54) is 0 Å². The van der Waals surface area contributed by atoms with Crippen molar-refractivity contribution in [3.8, 4) is 0 Å². The number of nitrogens with one attached hydrogen (secondary N) is 1. The third-order valence-electron chi connectivity index (χ3n) is 3.43. The average Bonchev–Trinajstić information content (AvgIpc) is 2.31. The van der Waals surface area contributed by atoms with Gasteiger partial charge in [0.25, 0.3) is 0 Å². The fourth-order valence-corrected chi connectivity index (χ4v) is 2.31. The van der Waals surface area contributed by atoms with Crippen LogP contribution in [0.3, 0.4) is 0 Å². The van der Waals surface area contributed by atoms with E-state index in [2.05, 4.69) is 22.2 Å². The van der Waals surface area contributed by atoms with Gasteiger partial charge in [-0.1, -0.05) is 6.92 Å². The first-order valence-electron chi connectivity index (χ1n) is 6.02. The highest BCUT2D eigenvalue weighted by molar-refractivity contribution is 6.28. The Hall–Kier alpha value is -0.870. The van der Waals surface area contributed by atoms with E-state index in [4.69, 9.17) is 11.6 Å². The zero-order valence-corrected chi connectivity index (χ0v) is 10.7. The summed E-state index contributed by atoms with van der Waals surface area (Å²) in [6, 6.07) is 1.75. The first-order valence-corrected chi connectivity index (χ1v) is 6.40. The minimum Gasteiger partial charge on any atom is -0.388 e. The molecule has 0 spiro atoms. The molecule has 1 aliphatic rings. The van der Waals surface area contributed by atoms with Crippen molar-refractivity contribution in [1.82, 2.24) is 9.97 Å². The van der Waals surface area contributed by atoms with Crippen LogP contribution in [0.25, 0.3) is 0 Å². The molecule has 0 amide bonds.